The highest BCUT2D eigenvalue weighted by Gasteiger charge is 2.18. The van der Waals surface area contributed by atoms with Gasteiger partial charge in [-0.25, -0.2) is 10.2 Å². The molecule has 25 heavy (non-hydrogen) atoms. The summed E-state index contributed by atoms with van der Waals surface area (Å²) in [6, 6.07) is 13.0. The normalized spacial score (nSPS) is 11.4. The van der Waals surface area contributed by atoms with E-state index in [4.69, 9.17) is 0 Å². The van der Waals surface area contributed by atoms with E-state index in [1.54, 1.807) is 13.1 Å². The second kappa shape index (κ2) is 9.39. The number of pyridine rings is 1. The number of hydrogen-bond acceptors (Lipinski definition) is 5. The SMILES string of the molecule is CC[C@@H](NC(=O)OC)C(=O)NNCc1ccc(-c2ccccn2)cc1. The van der Waals surface area contributed by atoms with Gasteiger partial charge in [0.1, 0.15) is 6.04 Å². The number of rotatable bonds is 7. The Labute approximate surface area is 146 Å². The van der Waals surface area contributed by atoms with Crippen LogP contribution in [-0.4, -0.2) is 30.1 Å². The van der Waals surface area contributed by atoms with Crippen LogP contribution in [0.1, 0.15) is 18.9 Å². The van der Waals surface area contributed by atoms with Gasteiger partial charge in [-0.3, -0.25) is 15.2 Å². The van der Waals surface area contributed by atoms with Gasteiger partial charge in [0.15, 0.2) is 0 Å². The van der Waals surface area contributed by atoms with Crippen LogP contribution < -0.4 is 16.2 Å². The van der Waals surface area contributed by atoms with Crippen LogP contribution in [0.3, 0.4) is 0 Å². The molecular formula is C18H22N4O3. The molecule has 1 aromatic heterocycles. The summed E-state index contributed by atoms with van der Waals surface area (Å²) in [5.74, 6) is -0.321. The largest absolute Gasteiger partial charge is 0.453 e. The first-order valence-corrected chi connectivity index (χ1v) is 8.01. The fourth-order valence-electron chi connectivity index (χ4n) is 2.20. The quantitative estimate of drug-likeness (QED) is 0.669. The van der Waals surface area contributed by atoms with E-state index >= 15 is 0 Å². The molecule has 7 heteroatoms. The summed E-state index contributed by atoms with van der Waals surface area (Å²) in [5, 5.41) is 2.47. The summed E-state index contributed by atoms with van der Waals surface area (Å²) >= 11 is 0. The lowest BCUT2D eigenvalue weighted by Crippen LogP contribution is -2.50. The Morgan fingerprint density at radius 3 is 2.52 bits per heavy atom. The van der Waals surface area contributed by atoms with E-state index in [-0.39, 0.29) is 5.91 Å². The van der Waals surface area contributed by atoms with Crippen LogP contribution in [0.25, 0.3) is 11.3 Å². The number of nitrogens with one attached hydrogen (secondary N) is 3. The maximum Gasteiger partial charge on any atom is 0.407 e. The molecule has 132 valence electrons. The number of methoxy groups -OCH3 is 1. The third-order valence-electron chi connectivity index (χ3n) is 3.62. The number of aromatic nitrogens is 1. The van der Waals surface area contributed by atoms with Crippen LogP contribution in [0.15, 0.2) is 48.7 Å². The first-order chi connectivity index (χ1) is 12.1. The van der Waals surface area contributed by atoms with Gasteiger partial charge >= 0.3 is 6.09 Å². The first-order valence-electron chi connectivity index (χ1n) is 8.01. The lowest BCUT2D eigenvalue weighted by Gasteiger charge is -2.16. The van der Waals surface area contributed by atoms with Gasteiger partial charge in [0.25, 0.3) is 5.91 Å². The fraction of sp³-hybridized carbons (Fsp3) is 0.278. The summed E-state index contributed by atoms with van der Waals surface area (Å²) in [6.07, 6.45) is 1.58. The highest BCUT2D eigenvalue weighted by Crippen LogP contribution is 2.16. The number of ether oxygens (including phenoxy) is 1. The van der Waals surface area contributed by atoms with Crippen molar-refractivity contribution in [1.29, 1.82) is 0 Å². The lowest BCUT2D eigenvalue weighted by atomic mass is 10.1. The maximum atomic E-state index is 12.0. The van der Waals surface area contributed by atoms with Crippen LogP contribution in [0.2, 0.25) is 0 Å². The van der Waals surface area contributed by atoms with Gasteiger partial charge < -0.3 is 10.1 Å². The summed E-state index contributed by atoms with van der Waals surface area (Å²) in [5.41, 5.74) is 8.40. The Kier molecular flexibility index (Phi) is 6.91. The second-order valence-corrected chi connectivity index (χ2v) is 5.35. The first kappa shape index (κ1) is 18.4. The molecule has 3 N–H and O–H groups in total. The van der Waals surface area contributed by atoms with Crippen LogP contribution in [0, 0.1) is 0 Å². The van der Waals surface area contributed by atoms with Crippen molar-refractivity contribution in [3.05, 3.63) is 54.2 Å². The van der Waals surface area contributed by atoms with Gasteiger partial charge in [0.05, 0.1) is 12.8 Å². The summed E-state index contributed by atoms with van der Waals surface area (Å²) in [6.45, 7) is 2.26. The summed E-state index contributed by atoms with van der Waals surface area (Å²) < 4.78 is 4.50. The minimum atomic E-state index is -0.647. The summed E-state index contributed by atoms with van der Waals surface area (Å²) in [4.78, 5) is 27.5. The van der Waals surface area contributed by atoms with E-state index in [0.29, 0.717) is 13.0 Å². The van der Waals surface area contributed by atoms with Crippen LogP contribution >= 0.6 is 0 Å². The number of amides is 2. The molecule has 0 saturated heterocycles. The van der Waals surface area contributed by atoms with Gasteiger partial charge in [-0.15, -0.1) is 0 Å². The van der Waals surface area contributed by atoms with Crippen molar-refractivity contribution in [3.8, 4) is 11.3 Å². The number of nitrogens with zero attached hydrogens (tertiary/aromatic N) is 1. The Balaban J connectivity index is 1.83. The van der Waals surface area contributed by atoms with E-state index in [1.807, 2.05) is 42.5 Å². The highest BCUT2D eigenvalue weighted by atomic mass is 16.5. The summed E-state index contributed by atoms with van der Waals surface area (Å²) in [7, 11) is 1.26. The molecule has 0 fully saturated rings. The van der Waals surface area contributed by atoms with E-state index in [0.717, 1.165) is 16.8 Å². The number of carbonyl (C=O) groups is 2. The van der Waals surface area contributed by atoms with Crippen LogP contribution in [0.4, 0.5) is 4.79 Å². The predicted molar refractivity (Wildman–Crippen MR) is 94.3 cm³/mol. The van der Waals surface area contributed by atoms with Crippen molar-refractivity contribution < 1.29 is 14.3 Å². The molecule has 0 radical (unpaired) electrons. The molecule has 7 nitrogen and oxygen atoms in total. The van der Waals surface area contributed by atoms with Crippen molar-refractivity contribution in [2.45, 2.75) is 25.9 Å². The lowest BCUT2D eigenvalue weighted by molar-refractivity contribution is -0.124. The number of carbonyl (C=O) groups excluding carboxylic acids is 2. The predicted octanol–water partition coefficient (Wildman–Crippen LogP) is 2.00. The third-order valence-corrected chi connectivity index (χ3v) is 3.62. The smallest absolute Gasteiger partial charge is 0.407 e. The van der Waals surface area contributed by atoms with Gasteiger partial charge in [-0.05, 0) is 24.1 Å². The molecule has 2 rings (SSSR count). The molecule has 0 spiro atoms. The molecule has 1 heterocycles. The Morgan fingerprint density at radius 1 is 1.16 bits per heavy atom. The molecule has 2 aromatic rings. The molecule has 1 aromatic carbocycles. The highest BCUT2D eigenvalue weighted by molar-refractivity contribution is 5.85. The Morgan fingerprint density at radius 2 is 1.92 bits per heavy atom. The third kappa shape index (κ3) is 5.58. The van der Waals surface area contributed by atoms with Gasteiger partial charge in [0.2, 0.25) is 0 Å². The number of hydrazine groups is 1. The average molecular weight is 342 g/mol. The van der Waals surface area contributed by atoms with Gasteiger partial charge in [0, 0.05) is 18.3 Å². The minimum Gasteiger partial charge on any atom is -0.453 e. The Hall–Kier alpha value is -2.93. The van der Waals surface area contributed by atoms with Crippen molar-refractivity contribution >= 4 is 12.0 Å². The van der Waals surface area contributed by atoms with Gasteiger partial charge in [-0.1, -0.05) is 37.3 Å². The molecule has 1 atom stereocenters. The zero-order chi connectivity index (χ0) is 18.1. The van der Waals surface area contributed by atoms with E-state index in [9.17, 15) is 9.59 Å². The van der Waals surface area contributed by atoms with Crippen molar-refractivity contribution in [3.63, 3.8) is 0 Å². The van der Waals surface area contributed by atoms with E-state index in [1.165, 1.54) is 7.11 Å². The molecule has 0 saturated carbocycles. The van der Waals surface area contributed by atoms with Crippen molar-refractivity contribution in [2.75, 3.05) is 7.11 Å². The molecule has 0 aliphatic heterocycles. The zero-order valence-electron chi connectivity index (χ0n) is 14.3. The second-order valence-electron chi connectivity index (χ2n) is 5.35. The van der Waals surface area contributed by atoms with Crippen LogP contribution in [-0.2, 0) is 16.1 Å². The molecule has 2 amide bonds. The monoisotopic (exact) mass is 342 g/mol. The Bertz CT molecular complexity index is 689. The topological polar surface area (TPSA) is 92.3 Å². The average Bonchev–Trinajstić information content (AvgIpc) is 2.67. The molecule has 0 unspecified atom stereocenters. The molecule has 0 aliphatic carbocycles. The number of hydrogen-bond donors (Lipinski definition) is 3. The maximum absolute atomic E-state index is 12.0. The zero-order valence-corrected chi connectivity index (χ0v) is 14.3. The number of alkyl carbamates (subject to hydrolysis) is 1. The molecule has 0 bridgehead atoms. The fourth-order valence-corrected chi connectivity index (χ4v) is 2.20. The van der Waals surface area contributed by atoms with E-state index in [2.05, 4.69) is 25.9 Å². The molecule has 0 aliphatic rings. The van der Waals surface area contributed by atoms with Gasteiger partial charge in [-0.2, -0.15) is 0 Å². The van der Waals surface area contributed by atoms with Crippen molar-refractivity contribution in [1.82, 2.24) is 21.2 Å². The van der Waals surface area contributed by atoms with Crippen LogP contribution in [0.5, 0.6) is 0 Å². The van der Waals surface area contributed by atoms with Crippen molar-refractivity contribution in [2.24, 2.45) is 0 Å². The minimum absolute atomic E-state index is 0.321. The standard InChI is InChI=1S/C18H22N4O3/c1-3-15(21-18(24)25-2)17(23)22-20-12-13-7-9-14(10-8-13)16-6-4-5-11-19-16/h4-11,15,20H,3,12H2,1-2H3,(H,21,24)(H,22,23)/t15-/m1/s1. The number of benzene rings is 1. The molecular weight excluding hydrogens is 320 g/mol. The van der Waals surface area contributed by atoms with E-state index < -0.39 is 12.1 Å².